The zero-order valence-electron chi connectivity index (χ0n) is 9.55. The molecule has 0 radical (unpaired) electrons. The Kier molecular flexibility index (Phi) is 4.68. The van der Waals surface area contributed by atoms with Crippen molar-refractivity contribution in [1.29, 1.82) is 0 Å². The summed E-state index contributed by atoms with van der Waals surface area (Å²) in [5.41, 5.74) is -0.0286. The molecule has 0 saturated heterocycles. The predicted molar refractivity (Wildman–Crippen MR) is 58.1 cm³/mol. The quantitative estimate of drug-likeness (QED) is 0.683. The van der Waals surface area contributed by atoms with Crippen molar-refractivity contribution in [3.8, 4) is 0 Å². The van der Waals surface area contributed by atoms with Gasteiger partial charge in [-0.2, -0.15) is 0 Å². The van der Waals surface area contributed by atoms with Crippen molar-refractivity contribution in [2.24, 2.45) is 5.41 Å². The molecular formula is C11H21NO2. The van der Waals surface area contributed by atoms with Crippen LogP contribution in [0.4, 0.5) is 0 Å². The zero-order valence-corrected chi connectivity index (χ0v) is 9.55. The number of amides is 1. The maximum absolute atomic E-state index is 11.5. The highest BCUT2D eigenvalue weighted by Crippen LogP contribution is 2.18. The van der Waals surface area contributed by atoms with Crippen LogP contribution in [0.5, 0.6) is 0 Å². The average Bonchev–Trinajstić information content (AvgIpc) is 1.96. The van der Waals surface area contributed by atoms with Gasteiger partial charge in [0.05, 0.1) is 6.04 Å². The molecule has 1 unspecified atom stereocenters. The summed E-state index contributed by atoms with van der Waals surface area (Å²) in [6.45, 7) is 11.3. The largest absolute Gasteiger partial charge is 0.511 e. The Labute approximate surface area is 86.2 Å². The normalized spacial score (nSPS) is 13.4. The van der Waals surface area contributed by atoms with E-state index in [-0.39, 0.29) is 23.1 Å². The number of aliphatic hydroxyl groups excluding tert-OH is 1. The highest BCUT2D eigenvalue weighted by Gasteiger charge is 2.19. The van der Waals surface area contributed by atoms with E-state index in [2.05, 4.69) is 11.9 Å². The molecule has 0 aliphatic rings. The first-order valence-corrected chi connectivity index (χ1v) is 4.93. The van der Waals surface area contributed by atoms with Crippen molar-refractivity contribution in [1.82, 2.24) is 5.32 Å². The van der Waals surface area contributed by atoms with Crippen LogP contribution in [0, 0.1) is 5.41 Å². The fourth-order valence-corrected chi connectivity index (χ4v) is 1.15. The van der Waals surface area contributed by atoms with E-state index in [1.165, 1.54) is 0 Å². The highest BCUT2D eigenvalue weighted by molar-refractivity contribution is 5.77. The van der Waals surface area contributed by atoms with Crippen LogP contribution < -0.4 is 5.32 Å². The zero-order chi connectivity index (χ0) is 11.4. The molecule has 3 nitrogen and oxygen atoms in total. The van der Waals surface area contributed by atoms with Crippen LogP contribution >= 0.6 is 0 Å². The molecule has 0 aliphatic carbocycles. The Morgan fingerprint density at radius 1 is 1.50 bits per heavy atom. The number of carbonyl (C=O) groups is 1. The standard InChI is InChI=1S/C11H21NO2/c1-6-9(8(2)13)12-10(14)7-11(3,4)5/h9,13H,2,6-7H2,1,3-5H3,(H,12,14). The van der Waals surface area contributed by atoms with E-state index in [0.717, 1.165) is 0 Å². The summed E-state index contributed by atoms with van der Waals surface area (Å²) in [6, 6.07) is -0.315. The molecule has 0 heterocycles. The summed E-state index contributed by atoms with van der Waals surface area (Å²) in [6.07, 6.45) is 1.11. The van der Waals surface area contributed by atoms with Gasteiger partial charge in [-0.1, -0.05) is 34.3 Å². The Morgan fingerprint density at radius 2 is 2.00 bits per heavy atom. The maximum atomic E-state index is 11.5. The number of carbonyl (C=O) groups excluding carboxylic acids is 1. The minimum Gasteiger partial charge on any atom is -0.511 e. The maximum Gasteiger partial charge on any atom is 0.221 e. The van der Waals surface area contributed by atoms with Crippen LogP contribution in [-0.2, 0) is 4.79 Å². The first-order chi connectivity index (χ1) is 6.26. The lowest BCUT2D eigenvalue weighted by atomic mass is 9.92. The van der Waals surface area contributed by atoms with E-state index < -0.39 is 0 Å². The minimum absolute atomic E-state index is 0.0229. The molecule has 0 spiro atoms. The van der Waals surface area contributed by atoms with Gasteiger partial charge in [-0.25, -0.2) is 0 Å². The van der Waals surface area contributed by atoms with Gasteiger partial charge in [-0.15, -0.1) is 0 Å². The Bertz CT molecular complexity index is 216. The minimum atomic E-state index is -0.315. The fraction of sp³-hybridized carbons (Fsp3) is 0.727. The van der Waals surface area contributed by atoms with E-state index in [1.807, 2.05) is 27.7 Å². The lowest BCUT2D eigenvalue weighted by Gasteiger charge is -2.20. The molecule has 0 aliphatic heterocycles. The monoisotopic (exact) mass is 199 g/mol. The van der Waals surface area contributed by atoms with Gasteiger partial charge in [-0.05, 0) is 11.8 Å². The van der Waals surface area contributed by atoms with Crippen molar-refractivity contribution < 1.29 is 9.90 Å². The second kappa shape index (κ2) is 5.03. The first-order valence-electron chi connectivity index (χ1n) is 4.93. The van der Waals surface area contributed by atoms with Gasteiger partial charge in [0.2, 0.25) is 5.91 Å². The van der Waals surface area contributed by atoms with Crippen LogP contribution in [0.15, 0.2) is 12.3 Å². The van der Waals surface area contributed by atoms with Crippen LogP contribution in [0.2, 0.25) is 0 Å². The van der Waals surface area contributed by atoms with Crippen molar-refractivity contribution in [2.75, 3.05) is 0 Å². The van der Waals surface area contributed by atoms with Crippen molar-refractivity contribution in [2.45, 2.75) is 46.6 Å². The third-order valence-electron chi connectivity index (χ3n) is 1.84. The molecule has 0 rings (SSSR count). The summed E-state index contributed by atoms with van der Waals surface area (Å²) in [7, 11) is 0. The third kappa shape index (κ3) is 5.62. The van der Waals surface area contributed by atoms with E-state index >= 15 is 0 Å². The molecule has 0 saturated carbocycles. The topological polar surface area (TPSA) is 49.3 Å². The molecule has 3 heteroatoms. The molecular weight excluding hydrogens is 178 g/mol. The third-order valence-corrected chi connectivity index (χ3v) is 1.84. The Morgan fingerprint density at radius 3 is 2.29 bits per heavy atom. The molecule has 0 bridgehead atoms. The lowest BCUT2D eigenvalue weighted by molar-refractivity contribution is -0.123. The molecule has 0 aromatic carbocycles. The Balaban J connectivity index is 4.11. The van der Waals surface area contributed by atoms with Gasteiger partial charge in [0, 0.05) is 6.42 Å². The van der Waals surface area contributed by atoms with Gasteiger partial charge in [0.1, 0.15) is 5.76 Å². The molecule has 1 atom stereocenters. The summed E-state index contributed by atoms with van der Waals surface area (Å²) in [4.78, 5) is 11.5. The molecule has 82 valence electrons. The SMILES string of the molecule is C=C(O)C(CC)NC(=O)CC(C)(C)C. The fourth-order valence-electron chi connectivity index (χ4n) is 1.15. The molecule has 1 amide bonds. The van der Waals surface area contributed by atoms with Crippen molar-refractivity contribution in [3.63, 3.8) is 0 Å². The molecule has 0 fully saturated rings. The van der Waals surface area contributed by atoms with Gasteiger partial charge in [0.25, 0.3) is 0 Å². The van der Waals surface area contributed by atoms with Crippen LogP contribution in [0.3, 0.4) is 0 Å². The van der Waals surface area contributed by atoms with Gasteiger partial charge >= 0.3 is 0 Å². The lowest BCUT2D eigenvalue weighted by Crippen LogP contribution is -2.37. The summed E-state index contributed by atoms with van der Waals surface area (Å²) < 4.78 is 0. The molecule has 0 aromatic heterocycles. The summed E-state index contributed by atoms with van der Waals surface area (Å²) >= 11 is 0. The van der Waals surface area contributed by atoms with E-state index in [4.69, 9.17) is 5.11 Å². The van der Waals surface area contributed by atoms with Crippen LogP contribution in [0.1, 0.15) is 40.5 Å². The second-order valence-electron chi connectivity index (χ2n) is 4.76. The van der Waals surface area contributed by atoms with E-state index in [9.17, 15) is 4.79 Å². The number of aliphatic hydroxyl groups is 1. The highest BCUT2D eigenvalue weighted by atomic mass is 16.3. The van der Waals surface area contributed by atoms with E-state index in [1.54, 1.807) is 0 Å². The predicted octanol–water partition coefficient (Wildman–Crippen LogP) is 2.39. The average molecular weight is 199 g/mol. The number of hydrogen-bond donors (Lipinski definition) is 2. The number of nitrogens with one attached hydrogen (secondary N) is 1. The second-order valence-corrected chi connectivity index (χ2v) is 4.76. The van der Waals surface area contributed by atoms with Crippen molar-refractivity contribution in [3.05, 3.63) is 12.3 Å². The molecule has 0 aromatic rings. The van der Waals surface area contributed by atoms with Crippen LogP contribution in [0.25, 0.3) is 0 Å². The smallest absolute Gasteiger partial charge is 0.221 e. The van der Waals surface area contributed by atoms with Gasteiger partial charge < -0.3 is 10.4 Å². The molecule has 14 heavy (non-hydrogen) atoms. The first kappa shape index (κ1) is 13.0. The van der Waals surface area contributed by atoms with E-state index in [0.29, 0.717) is 12.8 Å². The van der Waals surface area contributed by atoms with Crippen molar-refractivity contribution >= 4 is 5.91 Å². The van der Waals surface area contributed by atoms with Gasteiger partial charge in [-0.3, -0.25) is 4.79 Å². The number of rotatable bonds is 4. The Hall–Kier alpha value is -0.990. The summed E-state index contributed by atoms with van der Waals surface area (Å²) in [5.74, 6) is -0.0192. The van der Waals surface area contributed by atoms with Crippen LogP contribution in [-0.4, -0.2) is 17.1 Å². The number of hydrogen-bond acceptors (Lipinski definition) is 2. The summed E-state index contributed by atoms with van der Waals surface area (Å²) in [5, 5.41) is 11.9. The van der Waals surface area contributed by atoms with Gasteiger partial charge in [0.15, 0.2) is 0 Å². The molecule has 2 N–H and O–H groups in total.